The van der Waals surface area contributed by atoms with Gasteiger partial charge in [0, 0.05) is 42.8 Å². The van der Waals surface area contributed by atoms with E-state index in [4.69, 9.17) is 0 Å². The van der Waals surface area contributed by atoms with E-state index in [1.54, 1.807) is 0 Å². The summed E-state index contributed by atoms with van der Waals surface area (Å²) < 4.78 is 0. The summed E-state index contributed by atoms with van der Waals surface area (Å²) in [6, 6.07) is 5.38. The van der Waals surface area contributed by atoms with Gasteiger partial charge in [0.25, 0.3) is 0 Å². The Morgan fingerprint density at radius 3 is 3.00 bits per heavy atom. The van der Waals surface area contributed by atoms with E-state index in [0.29, 0.717) is 12.1 Å². The van der Waals surface area contributed by atoms with Crippen LogP contribution in [0.15, 0.2) is 18.3 Å². The van der Waals surface area contributed by atoms with Gasteiger partial charge in [-0.3, -0.25) is 4.98 Å². The third-order valence-corrected chi connectivity index (χ3v) is 2.98. The van der Waals surface area contributed by atoms with Gasteiger partial charge in [0.1, 0.15) is 0 Å². The highest BCUT2D eigenvalue weighted by atomic mass is 15.2. The molecule has 1 aliphatic heterocycles. The van der Waals surface area contributed by atoms with Crippen molar-refractivity contribution in [1.82, 2.24) is 10.3 Å². The van der Waals surface area contributed by atoms with Crippen LogP contribution in [0.3, 0.4) is 0 Å². The number of nitrogens with zero attached hydrogens (tertiary/aromatic N) is 2. The molecule has 0 saturated carbocycles. The zero-order chi connectivity index (χ0) is 10.8. The maximum absolute atomic E-state index is 4.24. The van der Waals surface area contributed by atoms with Gasteiger partial charge in [0.15, 0.2) is 0 Å². The summed E-state index contributed by atoms with van der Waals surface area (Å²) in [5.74, 6) is 0. The van der Waals surface area contributed by atoms with Gasteiger partial charge in [-0.05, 0) is 32.9 Å². The molecule has 1 aliphatic rings. The highest BCUT2D eigenvalue weighted by Crippen LogP contribution is 2.19. The number of hydrogen-bond acceptors (Lipinski definition) is 3. The van der Waals surface area contributed by atoms with Crippen LogP contribution in [0.5, 0.6) is 0 Å². The van der Waals surface area contributed by atoms with Gasteiger partial charge < -0.3 is 10.2 Å². The molecule has 0 aromatic carbocycles. The van der Waals surface area contributed by atoms with Gasteiger partial charge in [-0.15, -0.1) is 0 Å². The molecule has 0 bridgehead atoms. The lowest BCUT2D eigenvalue weighted by Gasteiger charge is -2.39. The van der Waals surface area contributed by atoms with Gasteiger partial charge in [0.2, 0.25) is 0 Å². The third kappa shape index (κ3) is 2.29. The Hall–Kier alpha value is -1.09. The van der Waals surface area contributed by atoms with Crippen LogP contribution in [0, 0.1) is 6.92 Å². The number of aromatic nitrogens is 1. The SMILES string of the molecule is Cc1cc(N2CC(C)NCC2C)ccn1. The van der Waals surface area contributed by atoms with Crippen molar-refractivity contribution < 1.29 is 0 Å². The monoisotopic (exact) mass is 205 g/mol. The summed E-state index contributed by atoms with van der Waals surface area (Å²) in [5.41, 5.74) is 2.38. The van der Waals surface area contributed by atoms with Crippen LogP contribution in [0.4, 0.5) is 5.69 Å². The number of aryl methyl sites for hydroxylation is 1. The Labute approximate surface area is 91.5 Å². The van der Waals surface area contributed by atoms with E-state index in [0.717, 1.165) is 18.8 Å². The predicted molar refractivity (Wildman–Crippen MR) is 63.2 cm³/mol. The van der Waals surface area contributed by atoms with Crippen LogP contribution in [-0.4, -0.2) is 30.2 Å². The first-order valence-electron chi connectivity index (χ1n) is 5.59. The summed E-state index contributed by atoms with van der Waals surface area (Å²) in [4.78, 5) is 6.69. The Morgan fingerprint density at radius 1 is 1.47 bits per heavy atom. The molecule has 82 valence electrons. The third-order valence-electron chi connectivity index (χ3n) is 2.98. The maximum atomic E-state index is 4.24. The lowest BCUT2D eigenvalue weighted by Crippen LogP contribution is -2.54. The molecule has 15 heavy (non-hydrogen) atoms. The van der Waals surface area contributed by atoms with Crippen LogP contribution in [0.1, 0.15) is 19.5 Å². The number of nitrogens with one attached hydrogen (secondary N) is 1. The Bertz CT molecular complexity index is 337. The number of pyridine rings is 1. The first-order chi connectivity index (χ1) is 7.16. The Kier molecular flexibility index (Phi) is 2.91. The van der Waals surface area contributed by atoms with Crippen molar-refractivity contribution in [3.63, 3.8) is 0 Å². The second kappa shape index (κ2) is 4.19. The molecule has 0 radical (unpaired) electrons. The Morgan fingerprint density at radius 2 is 2.27 bits per heavy atom. The van der Waals surface area contributed by atoms with E-state index in [9.17, 15) is 0 Å². The summed E-state index contributed by atoms with van der Waals surface area (Å²) >= 11 is 0. The summed E-state index contributed by atoms with van der Waals surface area (Å²) in [6.07, 6.45) is 1.89. The number of piperazine rings is 1. The van der Waals surface area contributed by atoms with Crippen molar-refractivity contribution in [2.45, 2.75) is 32.9 Å². The quantitative estimate of drug-likeness (QED) is 0.754. The highest BCUT2D eigenvalue weighted by Gasteiger charge is 2.22. The Balaban J connectivity index is 2.21. The molecule has 0 amide bonds. The van der Waals surface area contributed by atoms with Crippen molar-refractivity contribution >= 4 is 5.69 Å². The molecule has 1 aromatic heterocycles. The molecular formula is C12H19N3. The first kappa shape index (κ1) is 10.4. The molecule has 0 spiro atoms. The minimum Gasteiger partial charge on any atom is -0.366 e. The van der Waals surface area contributed by atoms with E-state index in [1.165, 1.54) is 5.69 Å². The number of anilines is 1. The molecule has 3 heteroatoms. The van der Waals surface area contributed by atoms with E-state index in [-0.39, 0.29) is 0 Å². The minimum atomic E-state index is 0.558. The predicted octanol–water partition coefficient (Wildman–Crippen LogP) is 1.58. The van der Waals surface area contributed by atoms with Crippen LogP contribution in [0.25, 0.3) is 0 Å². The van der Waals surface area contributed by atoms with E-state index in [2.05, 4.69) is 41.2 Å². The fourth-order valence-corrected chi connectivity index (χ4v) is 2.09. The maximum Gasteiger partial charge on any atom is 0.0403 e. The molecule has 1 saturated heterocycles. The van der Waals surface area contributed by atoms with Gasteiger partial charge in [-0.25, -0.2) is 0 Å². The summed E-state index contributed by atoms with van der Waals surface area (Å²) in [6.45, 7) is 8.66. The van der Waals surface area contributed by atoms with Crippen LogP contribution in [0.2, 0.25) is 0 Å². The van der Waals surface area contributed by atoms with E-state index >= 15 is 0 Å². The zero-order valence-electron chi connectivity index (χ0n) is 9.70. The van der Waals surface area contributed by atoms with Crippen molar-refractivity contribution in [2.24, 2.45) is 0 Å². The molecule has 3 nitrogen and oxygen atoms in total. The normalized spacial score (nSPS) is 26.7. The molecule has 1 N–H and O–H groups in total. The largest absolute Gasteiger partial charge is 0.366 e. The average molecular weight is 205 g/mol. The molecule has 0 aliphatic carbocycles. The van der Waals surface area contributed by atoms with E-state index < -0.39 is 0 Å². The van der Waals surface area contributed by atoms with Crippen molar-refractivity contribution in [3.05, 3.63) is 24.0 Å². The molecule has 2 rings (SSSR count). The first-order valence-corrected chi connectivity index (χ1v) is 5.59. The van der Waals surface area contributed by atoms with Gasteiger partial charge >= 0.3 is 0 Å². The van der Waals surface area contributed by atoms with Crippen LogP contribution < -0.4 is 10.2 Å². The van der Waals surface area contributed by atoms with Gasteiger partial charge in [-0.1, -0.05) is 0 Å². The van der Waals surface area contributed by atoms with E-state index in [1.807, 2.05) is 13.1 Å². The topological polar surface area (TPSA) is 28.2 Å². The summed E-state index contributed by atoms with van der Waals surface area (Å²) in [5, 5.41) is 3.49. The second-order valence-electron chi connectivity index (χ2n) is 4.47. The molecular weight excluding hydrogens is 186 g/mol. The molecule has 2 unspecified atom stereocenters. The smallest absolute Gasteiger partial charge is 0.0403 e. The molecule has 1 aromatic rings. The molecule has 2 heterocycles. The van der Waals surface area contributed by atoms with Gasteiger partial charge in [-0.2, -0.15) is 0 Å². The average Bonchev–Trinajstić information content (AvgIpc) is 2.22. The summed E-state index contributed by atoms with van der Waals surface area (Å²) in [7, 11) is 0. The highest BCUT2D eigenvalue weighted by molar-refractivity contribution is 5.48. The van der Waals surface area contributed by atoms with Gasteiger partial charge in [0.05, 0.1) is 0 Å². The van der Waals surface area contributed by atoms with Crippen LogP contribution in [-0.2, 0) is 0 Å². The van der Waals surface area contributed by atoms with Crippen molar-refractivity contribution in [1.29, 1.82) is 0 Å². The fraction of sp³-hybridized carbons (Fsp3) is 0.583. The fourth-order valence-electron chi connectivity index (χ4n) is 2.09. The lowest BCUT2D eigenvalue weighted by atomic mass is 10.1. The van der Waals surface area contributed by atoms with Crippen molar-refractivity contribution in [3.8, 4) is 0 Å². The number of rotatable bonds is 1. The van der Waals surface area contributed by atoms with Crippen LogP contribution >= 0.6 is 0 Å². The van der Waals surface area contributed by atoms with Crippen molar-refractivity contribution in [2.75, 3.05) is 18.0 Å². The zero-order valence-corrected chi connectivity index (χ0v) is 9.70. The molecule has 1 fully saturated rings. The second-order valence-corrected chi connectivity index (χ2v) is 4.47. The minimum absolute atomic E-state index is 0.558. The lowest BCUT2D eigenvalue weighted by molar-refractivity contribution is 0.425. The standard InChI is InChI=1S/C12H19N3/c1-9-6-12(4-5-13-9)15-8-10(2)14-7-11(15)3/h4-6,10-11,14H,7-8H2,1-3H3. The number of hydrogen-bond donors (Lipinski definition) is 1. The molecule has 2 atom stereocenters.